The number of nitrogens with zero attached hydrogens (tertiary/aromatic N) is 2. The van der Waals surface area contributed by atoms with Crippen LogP contribution in [0, 0.1) is 19.8 Å². The third-order valence-electron chi connectivity index (χ3n) is 5.75. The van der Waals surface area contributed by atoms with E-state index >= 15 is 0 Å². The molecule has 0 aliphatic carbocycles. The molecule has 1 aliphatic heterocycles. The van der Waals surface area contributed by atoms with Crippen LogP contribution in [-0.4, -0.2) is 33.9 Å². The Kier molecular flexibility index (Phi) is 4.97. The summed E-state index contributed by atoms with van der Waals surface area (Å²) >= 11 is 0. The number of benzene rings is 2. The molecule has 140 valence electrons. The van der Waals surface area contributed by atoms with Crippen molar-refractivity contribution < 1.29 is 4.79 Å². The van der Waals surface area contributed by atoms with Crippen LogP contribution in [0.3, 0.4) is 0 Å². The van der Waals surface area contributed by atoms with Crippen LogP contribution in [0.15, 0.2) is 42.5 Å². The summed E-state index contributed by atoms with van der Waals surface area (Å²) in [7, 11) is 0. The maximum Gasteiger partial charge on any atom is 0.256 e. The molecule has 1 atom stereocenters. The van der Waals surface area contributed by atoms with Gasteiger partial charge in [0.2, 0.25) is 0 Å². The first-order valence-corrected chi connectivity index (χ1v) is 9.91. The largest absolute Gasteiger partial charge is 0.342 e. The summed E-state index contributed by atoms with van der Waals surface area (Å²) in [4.78, 5) is 23.0. The Hall–Kier alpha value is -2.62. The lowest BCUT2D eigenvalue weighted by Crippen LogP contribution is -2.40. The number of amides is 1. The second-order valence-corrected chi connectivity index (χ2v) is 7.75. The highest BCUT2D eigenvalue weighted by atomic mass is 16.2. The summed E-state index contributed by atoms with van der Waals surface area (Å²) in [5, 5.41) is 0. The molecule has 1 N–H and O–H groups in total. The molecule has 4 rings (SSSR count). The molecule has 1 saturated heterocycles. The summed E-state index contributed by atoms with van der Waals surface area (Å²) in [6, 6.07) is 14.4. The van der Waals surface area contributed by atoms with E-state index in [9.17, 15) is 4.79 Å². The number of para-hydroxylation sites is 1. The van der Waals surface area contributed by atoms with Gasteiger partial charge in [-0.25, -0.2) is 4.98 Å². The second-order valence-electron chi connectivity index (χ2n) is 7.75. The van der Waals surface area contributed by atoms with Gasteiger partial charge in [0, 0.05) is 13.1 Å². The Labute approximate surface area is 160 Å². The highest BCUT2D eigenvalue weighted by molar-refractivity contribution is 6.04. The van der Waals surface area contributed by atoms with E-state index in [1.54, 1.807) is 0 Å². The number of aromatic nitrogens is 2. The van der Waals surface area contributed by atoms with E-state index in [4.69, 9.17) is 0 Å². The van der Waals surface area contributed by atoms with E-state index in [0.29, 0.717) is 5.92 Å². The van der Waals surface area contributed by atoms with Crippen molar-refractivity contribution in [1.82, 2.24) is 14.9 Å². The maximum absolute atomic E-state index is 13.2. The van der Waals surface area contributed by atoms with Crippen LogP contribution in [0.4, 0.5) is 0 Å². The molecule has 2 heterocycles. The van der Waals surface area contributed by atoms with Crippen LogP contribution >= 0.6 is 0 Å². The molecule has 1 aromatic heterocycles. The molecular weight excluding hydrogens is 334 g/mol. The molecule has 0 bridgehead atoms. The molecule has 0 spiro atoms. The van der Waals surface area contributed by atoms with Crippen molar-refractivity contribution in [2.75, 3.05) is 13.1 Å². The van der Waals surface area contributed by atoms with E-state index < -0.39 is 0 Å². The van der Waals surface area contributed by atoms with Crippen LogP contribution in [0.5, 0.6) is 0 Å². The van der Waals surface area contributed by atoms with Crippen LogP contribution < -0.4 is 0 Å². The summed E-state index contributed by atoms with van der Waals surface area (Å²) in [6.45, 7) is 5.80. The zero-order valence-electron chi connectivity index (χ0n) is 16.2. The molecule has 0 unspecified atom stereocenters. The lowest BCUT2D eigenvalue weighted by Gasteiger charge is -2.33. The SMILES string of the molecule is Cc1nc2c(C(=O)N3CCC[C@H](CCc4ccccc4C)C3)cccc2[nH]1. The van der Waals surface area contributed by atoms with Crippen molar-refractivity contribution >= 4 is 16.9 Å². The minimum atomic E-state index is 0.118. The van der Waals surface area contributed by atoms with E-state index in [1.807, 2.05) is 30.0 Å². The molecule has 3 aromatic rings. The molecule has 27 heavy (non-hydrogen) atoms. The number of fused-ring (bicyclic) bond motifs is 1. The third-order valence-corrected chi connectivity index (χ3v) is 5.75. The molecule has 1 amide bonds. The Bertz CT molecular complexity index is 959. The Balaban J connectivity index is 1.46. The van der Waals surface area contributed by atoms with Crippen molar-refractivity contribution in [2.45, 2.75) is 39.5 Å². The number of piperidine rings is 1. The predicted octanol–water partition coefficient (Wildman–Crippen LogP) is 4.66. The number of imidazole rings is 1. The predicted molar refractivity (Wildman–Crippen MR) is 109 cm³/mol. The number of H-pyrrole nitrogens is 1. The fourth-order valence-electron chi connectivity index (χ4n) is 4.23. The molecule has 0 saturated carbocycles. The molecule has 0 radical (unpaired) electrons. The first-order valence-electron chi connectivity index (χ1n) is 9.91. The van der Waals surface area contributed by atoms with E-state index in [1.165, 1.54) is 17.5 Å². The topological polar surface area (TPSA) is 49.0 Å². The third kappa shape index (κ3) is 3.75. The first-order chi connectivity index (χ1) is 13.1. The molecular formula is C23H27N3O. The average Bonchev–Trinajstić information content (AvgIpc) is 3.07. The zero-order valence-corrected chi connectivity index (χ0v) is 16.2. The Morgan fingerprint density at radius 3 is 2.89 bits per heavy atom. The fraction of sp³-hybridized carbons (Fsp3) is 0.391. The summed E-state index contributed by atoms with van der Waals surface area (Å²) < 4.78 is 0. The van der Waals surface area contributed by atoms with Gasteiger partial charge >= 0.3 is 0 Å². The summed E-state index contributed by atoms with van der Waals surface area (Å²) in [6.07, 6.45) is 4.52. The van der Waals surface area contributed by atoms with Crippen LogP contribution in [0.1, 0.15) is 46.6 Å². The molecule has 2 aromatic carbocycles. The van der Waals surface area contributed by atoms with E-state index in [-0.39, 0.29) is 5.91 Å². The van der Waals surface area contributed by atoms with Crippen LogP contribution in [0.2, 0.25) is 0 Å². The number of aromatic amines is 1. The van der Waals surface area contributed by atoms with E-state index in [2.05, 4.69) is 41.2 Å². The minimum absolute atomic E-state index is 0.118. The van der Waals surface area contributed by atoms with E-state index in [0.717, 1.165) is 54.8 Å². The molecule has 4 nitrogen and oxygen atoms in total. The normalized spacial score (nSPS) is 17.4. The Morgan fingerprint density at radius 2 is 2.04 bits per heavy atom. The lowest BCUT2D eigenvalue weighted by molar-refractivity contribution is 0.0670. The number of hydrogen-bond donors (Lipinski definition) is 1. The van der Waals surface area contributed by atoms with Crippen molar-refractivity contribution in [3.63, 3.8) is 0 Å². The van der Waals surface area contributed by atoms with Gasteiger partial charge in [0.25, 0.3) is 5.91 Å². The van der Waals surface area contributed by atoms with Crippen molar-refractivity contribution in [1.29, 1.82) is 0 Å². The van der Waals surface area contributed by atoms with Crippen molar-refractivity contribution in [3.8, 4) is 0 Å². The van der Waals surface area contributed by atoms with Crippen LogP contribution in [0.25, 0.3) is 11.0 Å². The summed E-state index contributed by atoms with van der Waals surface area (Å²) in [5.41, 5.74) is 5.24. The molecule has 4 heteroatoms. The summed E-state index contributed by atoms with van der Waals surface area (Å²) in [5.74, 6) is 1.54. The first kappa shape index (κ1) is 17.8. The smallest absolute Gasteiger partial charge is 0.256 e. The van der Waals surface area contributed by atoms with Crippen LogP contribution in [-0.2, 0) is 6.42 Å². The fourth-order valence-corrected chi connectivity index (χ4v) is 4.23. The maximum atomic E-state index is 13.2. The number of carbonyl (C=O) groups excluding carboxylic acids is 1. The monoisotopic (exact) mass is 361 g/mol. The zero-order chi connectivity index (χ0) is 18.8. The average molecular weight is 361 g/mol. The van der Waals surface area contributed by atoms with Gasteiger partial charge in [-0.1, -0.05) is 30.3 Å². The number of carbonyl (C=O) groups is 1. The highest BCUT2D eigenvalue weighted by Gasteiger charge is 2.26. The van der Waals surface area contributed by atoms with Gasteiger partial charge in [-0.3, -0.25) is 4.79 Å². The second kappa shape index (κ2) is 7.55. The minimum Gasteiger partial charge on any atom is -0.342 e. The van der Waals surface area contributed by atoms with Crippen molar-refractivity contribution in [2.24, 2.45) is 5.92 Å². The van der Waals surface area contributed by atoms with Gasteiger partial charge < -0.3 is 9.88 Å². The number of aryl methyl sites for hydroxylation is 3. The number of likely N-dealkylation sites (tertiary alicyclic amines) is 1. The van der Waals surface area contributed by atoms with Gasteiger partial charge in [0.1, 0.15) is 11.3 Å². The van der Waals surface area contributed by atoms with Gasteiger partial charge in [-0.2, -0.15) is 0 Å². The van der Waals surface area contributed by atoms with Gasteiger partial charge in [-0.15, -0.1) is 0 Å². The number of rotatable bonds is 4. The number of hydrogen-bond acceptors (Lipinski definition) is 2. The lowest BCUT2D eigenvalue weighted by atomic mass is 9.90. The van der Waals surface area contributed by atoms with Gasteiger partial charge in [-0.05, 0) is 68.7 Å². The highest BCUT2D eigenvalue weighted by Crippen LogP contribution is 2.25. The number of nitrogens with one attached hydrogen (secondary N) is 1. The van der Waals surface area contributed by atoms with Gasteiger partial charge in [0.05, 0.1) is 11.1 Å². The molecule has 1 aliphatic rings. The quantitative estimate of drug-likeness (QED) is 0.734. The van der Waals surface area contributed by atoms with Crippen molar-refractivity contribution in [3.05, 3.63) is 65.0 Å². The molecule has 1 fully saturated rings. The Morgan fingerprint density at radius 1 is 1.19 bits per heavy atom. The standard InChI is InChI=1S/C23H27N3O/c1-16-7-3-4-9-19(16)13-12-18-8-6-14-26(15-18)23(27)20-10-5-11-21-22(20)25-17(2)24-21/h3-5,7,9-11,18H,6,8,12-15H2,1-2H3,(H,24,25)/t18-/m1/s1. The van der Waals surface area contributed by atoms with Gasteiger partial charge in [0.15, 0.2) is 0 Å².